The largest absolute Gasteiger partial charge is 0.495 e. The second-order valence-electron chi connectivity index (χ2n) is 4.18. The Morgan fingerprint density at radius 1 is 1.58 bits per heavy atom. The Kier molecular flexibility index (Phi) is 5.98. The highest BCUT2D eigenvalue weighted by molar-refractivity contribution is 7.99. The number of ether oxygens (including phenoxy) is 1. The molecule has 0 saturated carbocycles. The van der Waals surface area contributed by atoms with Gasteiger partial charge in [0.05, 0.1) is 19.4 Å². The normalized spacial score (nSPS) is 13.7. The summed E-state index contributed by atoms with van der Waals surface area (Å²) in [5.74, 6) is 0.266. The first kappa shape index (κ1) is 15.7. The van der Waals surface area contributed by atoms with Gasteiger partial charge in [-0.05, 0) is 31.4 Å². The molecule has 0 aliphatic carbocycles. The molecule has 0 aliphatic heterocycles. The summed E-state index contributed by atoms with van der Waals surface area (Å²) in [6.07, 6.45) is 1.90. The van der Waals surface area contributed by atoms with E-state index in [1.807, 2.05) is 13.2 Å². The maximum atomic E-state index is 12.1. The number of nitrogen functional groups attached to an aromatic ring is 1. The third kappa shape index (κ3) is 4.04. The summed E-state index contributed by atoms with van der Waals surface area (Å²) >= 11 is 1.52. The quantitative estimate of drug-likeness (QED) is 0.682. The average Bonchev–Trinajstić information content (AvgIpc) is 2.40. The molecule has 106 valence electrons. The SMILES string of the molecule is COc1cc(C(=O)NC(C)C(CO)SC)ccc1N. The highest BCUT2D eigenvalue weighted by atomic mass is 32.2. The molecule has 1 amide bonds. The average molecular weight is 284 g/mol. The number of aliphatic hydroxyl groups is 1. The fourth-order valence-corrected chi connectivity index (χ4v) is 2.30. The minimum absolute atomic E-state index is 0.0215. The summed E-state index contributed by atoms with van der Waals surface area (Å²) in [7, 11) is 1.51. The predicted molar refractivity (Wildman–Crippen MR) is 78.7 cm³/mol. The highest BCUT2D eigenvalue weighted by Gasteiger charge is 2.18. The van der Waals surface area contributed by atoms with Gasteiger partial charge in [-0.3, -0.25) is 4.79 Å². The van der Waals surface area contributed by atoms with Crippen molar-refractivity contribution in [3.63, 3.8) is 0 Å². The van der Waals surface area contributed by atoms with Crippen molar-refractivity contribution in [2.24, 2.45) is 0 Å². The van der Waals surface area contributed by atoms with Crippen molar-refractivity contribution >= 4 is 23.4 Å². The van der Waals surface area contributed by atoms with E-state index in [1.54, 1.807) is 18.2 Å². The molecule has 1 aromatic carbocycles. The molecule has 5 nitrogen and oxygen atoms in total. The molecule has 2 unspecified atom stereocenters. The van der Waals surface area contributed by atoms with Crippen LogP contribution in [0, 0.1) is 0 Å². The highest BCUT2D eigenvalue weighted by Crippen LogP contribution is 2.22. The van der Waals surface area contributed by atoms with Crippen molar-refractivity contribution in [3.05, 3.63) is 23.8 Å². The number of carbonyl (C=O) groups is 1. The molecule has 0 heterocycles. The summed E-state index contributed by atoms with van der Waals surface area (Å²) in [6, 6.07) is 4.75. The Hall–Kier alpha value is -1.40. The lowest BCUT2D eigenvalue weighted by Crippen LogP contribution is -2.41. The molecule has 0 aliphatic rings. The number of nitrogens with one attached hydrogen (secondary N) is 1. The van der Waals surface area contributed by atoms with Gasteiger partial charge in [0.1, 0.15) is 5.75 Å². The van der Waals surface area contributed by atoms with Gasteiger partial charge in [0.15, 0.2) is 0 Å². The minimum atomic E-state index is -0.210. The van der Waals surface area contributed by atoms with Gasteiger partial charge in [0.25, 0.3) is 5.91 Å². The molecule has 0 fully saturated rings. The molecule has 4 N–H and O–H groups in total. The van der Waals surface area contributed by atoms with E-state index in [4.69, 9.17) is 10.5 Å². The molecule has 0 spiro atoms. The van der Waals surface area contributed by atoms with Gasteiger partial charge in [-0.25, -0.2) is 0 Å². The van der Waals surface area contributed by atoms with E-state index in [-0.39, 0.29) is 23.8 Å². The lowest BCUT2D eigenvalue weighted by Gasteiger charge is -2.21. The lowest BCUT2D eigenvalue weighted by molar-refractivity contribution is 0.0935. The number of hydrogen-bond donors (Lipinski definition) is 3. The van der Waals surface area contributed by atoms with Crippen LogP contribution in [0.3, 0.4) is 0 Å². The second-order valence-corrected chi connectivity index (χ2v) is 5.25. The first-order valence-electron chi connectivity index (χ1n) is 5.91. The van der Waals surface area contributed by atoms with E-state index in [0.29, 0.717) is 17.0 Å². The number of thioether (sulfide) groups is 1. The van der Waals surface area contributed by atoms with Crippen LogP contribution in [0.5, 0.6) is 5.75 Å². The van der Waals surface area contributed by atoms with Crippen molar-refractivity contribution in [1.82, 2.24) is 5.32 Å². The van der Waals surface area contributed by atoms with Crippen molar-refractivity contribution in [1.29, 1.82) is 0 Å². The number of rotatable bonds is 6. The molecule has 0 aromatic heterocycles. The van der Waals surface area contributed by atoms with Gasteiger partial charge in [-0.15, -0.1) is 0 Å². The summed E-state index contributed by atoms with van der Waals surface area (Å²) in [4.78, 5) is 12.1. The number of nitrogens with two attached hydrogens (primary N) is 1. The molecule has 0 bridgehead atoms. The van der Waals surface area contributed by atoms with E-state index < -0.39 is 0 Å². The molecular formula is C13H20N2O3S. The van der Waals surface area contributed by atoms with Crippen LogP contribution in [-0.4, -0.2) is 42.3 Å². The number of hydrogen-bond acceptors (Lipinski definition) is 5. The van der Waals surface area contributed by atoms with Crippen LogP contribution < -0.4 is 15.8 Å². The zero-order chi connectivity index (χ0) is 14.4. The van der Waals surface area contributed by atoms with Gasteiger partial charge >= 0.3 is 0 Å². The van der Waals surface area contributed by atoms with Crippen LogP contribution in [0.25, 0.3) is 0 Å². The van der Waals surface area contributed by atoms with Crippen LogP contribution >= 0.6 is 11.8 Å². The summed E-state index contributed by atoms with van der Waals surface area (Å²) in [5.41, 5.74) is 6.67. The van der Waals surface area contributed by atoms with Crippen molar-refractivity contribution in [3.8, 4) is 5.75 Å². The Morgan fingerprint density at radius 2 is 2.26 bits per heavy atom. The molecule has 0 saturated heterocycles. The van der Waals surface area contributed by atoms with E-state index >= 15 is 0 Å². The van der Waals surface area contributed by atoms with Crippen LogP contribution in [0.2, 0.25) is 0 Å². The topological polar surface area (TPSA) is 84.6 Å². The number of anilines is 1. The van der Waals surface area contributed by atoms with E-state index in [2.05, 4.69) is 5.32 Å². The molecule has 19 heavy (non-hydrogen) atoms. The number of aliphatic hydroxyl groups excluding tert-OH is 1. The van der Waals surface area contributed by atoms with E-state index in [0.717, 1.165) is 0 Å². The second kappa shape index (κ2) is 7.25. The minimum Gasteiger partial charge on any atom is -0.495 e. The van der Waals surface area contributed by atoms with Gasteiger partial charge in [0, 0.05) is 16.9 Å². The Labute approximate surface area is 117 Å². The van der Waals surface area contributed by atoms with Crippen LogP contribution in [0.15, 0.2) is 18.2 Å². The molecule has 2 atom stereocenters. The number of methoxy groups -OCH3 is 1. The first-order valence-corrected chi connectivity index (χ1v) is 7.20. The summed E-state index contributed by atoms with van der Waals surface area (Å²) in [6.45, 7) is 1.89. The Morgan fingerprint density at radius 3 is 2.79 bits per heavy atom. The van der Waals surface area contributed by atoms with Gasteiger partial charge < -0.3 is 20.9 Å². The zero-order valence-electron chi connectivity index (χ0n) is 11.3. The van der Waals surface area contributed by atoms with Crippen LogP contribution in [-0.2, 0) is 0 Å². The number of carbonyl (C=O) groups excluding carboxylic acids is 1. The summed E-state index contributed by atoms with van der Waals surface area (Å²) in [5, 5.41) is 12.0. The maximum Gasteiger partial charge on any atom is 0.251 e. The van der Waals surface area contributed by atoms with Crippen molar-refractivity contribution in [2.75, 3.05) is 25.7 Å². The monoisotopic (exact) mass is 284 g/mol. The fourth-order valence-electron chi connectivity index (χ4n) is 1.67. The first-order chi connectivity index (χ1) is 9.03. The van der Waals surface area contributed by atoms with Crippen molar-refractivity contribution < 1.29 is 14.6 Å². The molecule has 0 radical (unpaired) electrons. The van der Waals surface area contributed by atoms with E-state index in [9.17, 15) is 9.90 Å². The standard InChI is InChI=1S/C13H20N2O3S/c1-8(12(7-16)19-3)15-13(17)9-4-5-10(14)11(6-9)18-2/h4-6,8,12,16H,7,14H2,1-3H3,(H,15,17). The van der Waals surface area contributed by atoms with Crippen LogP contribution in [0.4, 0.5) is 5.69 Å². The third-order valence-corrected chi connectivity index (χ3v) is 4.06. The zero-order valence-corrected chi connectivity index (χ0v) is 12.2. The molecule has 6 heteroatoms. The van der Waals surface area contributed by atoms with Gasteiger partial charge in [-0.1, -0.05) is 0 Å². The lowest BCUT2D eigenvalue weighted by atomic mass is 10.1. The predicted octanol–water partition coefficient (Wildman–Crippen LogP) is 1.12. The van der Waals surface area contributed by atoms with Gasteiger partial charge in [0.2, 0.25) is 0 Å². The smallest absolute Gasteiger partial charge is 0.251 e. The van der Waals surface area contributed by atoms with Crippen LogP contribution in [0.1, 0.15) is 17.3 Å². The maximum absolute atomic E-state index is 12.1. The Bertz CT molecular complexity index is 436. The molecule has 1 aromatic rings. The van der Waals surface area contributed by atoms with Crippen molar-refractivity contribution in [2.45, 2.75) is 18.2 Å². The third-order valence-electron chi connectivity index (χ3n) is 2.89. The fraction of sp³-hybridized carbons (Fsp3) is 0.462. The van der Waals surface area contributed by atoms with Gasteiger partial charge in [-0.2, -0.15) is 11.8 Å². The number of amides is 1. The van der Waals surface area contributed by atoms with E-state index in [1.165, 1.54) is 18.9 Å². The summed E-state index contributed by atoms with van der Waals surface area (Å²) < 4.78 is 5.08. The molecule has 1 rings (SSSR count). The molecular weight excluding hydrogens is 264 g/mol. The number of benzene rings is 1. The Balaban J connectivity index is 2.78.